The van der Waals surface area contributed by atoms with E-state index in [1.165, 1.54) is 6.08 Å². The van der Waals surface area contributed by atoms with Crippen LogP contribution in [0, 0.1) is 0 Å². The molecule has 0 aromatic rings. The minimum atomic E-state index is -3.53. The molecule has 4 unspecified atom stereocenters. The Balaban J connectivity index is 3.57. The highest BCUT2D eigenvalue weighted by atomic mass is 32.0. The topological polar surface area (TPSA) is 98.8 Å². The van der Waals surface area contributed by atoms with Gasteiger partial charge in [0.05, 0.1) is 37.6 Å². The van der Waals surface area contributed by atoms with Crippen LogP contribution in [0.15, 0.2) is 60.8 Å². The third-order valence-electron chi connectivity index (χ3n) is 7.28. The summed E-state index contributed by atoms with van der Waals surface area (Å²) in [4.78, 5) is 12.0. The van der Waals surface area contributed by atoms with Crippen LogP contribution in [0.25, 0.3) is 0 Å². The first-order chi connectivity index (χ1) is 21.1. The molecule has 1 aliphatic rings. The number of ether oxygens (including phenoxy) is 2. The van der Waals surface area contributed by atoms with Crippen molar-refractivity contribution in [2.24, 2.45) is 0 Å². The molecule has 0 saturated heterocycles. The van der Waals surface area contributed by atoms with Gasteiger partial charge < -0.3 is 32.0 Å². The summed E-state index contributed by atoms with van der Waals surface area (Å²) in [6.07, 6.45) is 17.9. The standard InChI is InChI=1S/C30H54O9P4Si/c1-7-35-43(32,36-8-2)25-33-28(24-27(38-42-41)18-15-13-12-14-16-23-34-40)30(6,39-44(9-3,10-4)11-5)22-21-26-19-17-20-29(31)37-26/h12-18,20-22,26-28,42H,7-11,19,23-25,40-41H2,1-6H3/b13-12-,16-14+,18-15-,22-21+/t26-,27+,28?,30-/m1/s1. The summed E-state index contributed by atoms with van der Waals surface area (Å²) in [5, 5.41) is 0. The van der Waals surface area contributed by atoms with Crippen LogP contribution in [-0.2, 0) is 41.4 Å². The Bertz CT molecular complexity index is 998. The van der Waals surface area contributed by atoms with Gasteiger partial charge in [0.25, 0.3) is 0 Å². The molecule has 1 aliphatic heterocycles. The van der Waals surface area contributed by atoms with Crippen molar-refractivity contribution < 1.29 is 41.4 Å². The summed E-state index contributed by atoms with van der Waals surface area (Å²) in [5.41, 5.74) is -0.971. The van der Waals surface area contributed by atoms with Crippen LogP contribution in [0.3, 0.4) is 0 Å². The Hall–Kier alpha value is -0.333. The number of allylic oxidation sites excluding steroid dienone is 4. The van der Waals surface area contributed by atoms with Crippen molar-refractivity contribution in [1.82, 2.24) is 0 Å². The van der Waals surface area contributed by atoms with E-state index in [9.17, 15) is 9.36 Å². The first kappa shape index (κ1) is 41.7. The third-order valence-corrected chi connectivity index (χ3v) is 14.8. The monoisotopic (exact) mass is 710 g/mol. The molecule has 0 aromatic carbocycles. The minimum Gasteiger partial charge on any atom is -0.455 e. The maximum Gasteiger partial charge on any atom is 0.356 e. The number of esters is 1. The van der Waals surface area contributed by atoms with Gasteiger partial charge in [-0.15, -0.1) is 0 Å². The van der Waals surface area contributed by atoms with E-state index in [-0.39, 0.29) is 40.1 Å². The van der Waals surface area contributed by atoms with Gasteiger partial charge in [0.1, 0.15) is 12.5 Å². The Labute approximate surface area is 272 Å². The molecule has 0 amide bonds. The van der Waals surface area contributed by atoms with Crippen LogP contribution >= 0.6 is 34.5 Å². The zero-order valence-electron chi connectivity index (χ0n) is 27.1. The van der Waals surface area contributed by atoms with Gasteiger partial charge in [-0.05, 0) is 45.0 Å². The molecule has 1 rings (SSSR count). The Morgan fingerprint density at radius 3 is 2.34 bits per heavy atom. The predicted octanol–water partition coefficient (Wildman–Crippen LogP) is 8.44. The summed E-state index contributed by atoms with van der Waals surface area (Å²) >= 11 is 0. The van der Waals surface area contributed by atoms with Gasteiger partial charge in [-0.3, -0.25) is 4.57 Å². The highest BCUT2D eigenvalue weighted by Crippen LogP contribution is 2.49. The second-order valence-electron chi connectivity index (χ2n) is 10.3. The van der Waals surface area contributed by atoms with Crippen molar-refractivity contribution in [3.63, 3.8) is 0 Å². The van der Waals surface area contributed by atoms with Gasteiger partial charge >= 0.3 is 13.6 Å². The van der Waals surface area contributed by atoms with Gasteiger partial charge in [0, 0.05) is 36.9 Å². The molecule has 44 heavy (non-hydrogen) atoms. The highest BCUT2D eigenvalue weighted by molar-refractivity contribution is 8.00. The third kappa shape index (κ3) is 15.5. The molecule has 9 nitrogen and oxygen atoms in total. The summed E-state index contributed by atoms with van der Waals surface area (Å²) in [7, 11) is -0.752. The lowest BCUT2D eigenvalue weighted by Gasteiger charge is -2.44. The Kier molecular flexibility index (Phi) is 21.9. The molecule has 0 radical (unpaired) electrons. The lowest BCUT2D eigenvalue weighted by Crippen LogP contribution is -2.52. The summed E-state index contributed by atoms with van der Waals surface area (Å²) in [6, 6.07) is 2.75. The van der Waals surface area contributed by atoms with Crippen LogP contribution in [0.1, 0.15) is 54.4 Å². The van der Waals surface area contributed by atoms with E-state index >= 15 is 0 Å². The average molecular weight is 711 g/mol. The molecule has 0 bridgehead atoms. The Morgan fingerprint density at radius 2 is 1.77 bits per heavy atom. The smallest absolute Gasteiger partial charge is 0.356 e. The minimum absolute atomic E-state index is 0.149. The maximum absolute atomic E-state index is 13.5. The van der Waals surface area contributed by atoms with Crippen molar-refractivity contribution >= 4 is 48.8 Å². The maximum atomic E-state index is 13.5. The number of cyclic esters (lactones) is 1. The first-order valence-corrected chi connectivity index (χ1v) is 22.7. The van der Waals surface area contributed by atoms with Crippen molar-refractivity contribution in [3.8, 4) is 0 Å². The molecule has 1 heterocycles. The van der Waals surface area contributed by atoms with Gasteiger partial charge in [-0.2, -0.15) is 0 Å². The van der Waals surface area contributed by atoms with Gasteiger partial charge in [0.2, 0.25) is 0 Å². The number of hydrogen-bond acceptors (Lipinski definition) is 9. The second kappa shape index (κ2) is 23.1. The van der Waals surface area contributed by atoms with E-state index < -0.39 is 33.7 Å². The largest absolute Gasteiger partial charge is 0.455 e. The van der Waals surface area contributed by atoms with Crippen molar-refractivity contribution in [1.29, 1.82) is 0 Å². The summed E-state index contributed by atoms with van der Waals surface area (Å²) in [5.74, 6) is -0.376. The molecule has 7 atom stereocenters. The molecule has 0 N–H and O–H groups in total. The van der Waals surface area contributed by atoms with E-state index in [0.29, 0.717) is 19.4 Å². The molecule has 0 fully saturated rings. The van der Waals surface area contributed by atoms with Gasteiger partial charge in [-0.1, -0.05) is 78.3 Å². The zero-order chi connectivity index (χ0) is 32.9. The number of carbonyl (C=O) groups excluding carboxylic acids is 1. The lowest BCUT2D eigenvalue weighted by molar-refractivity contribution is -0.141. The molecular formula is C30H54O9P4Si. The quantitative estimate of drug-likeness (QED) is 0.0321. The summed E-state index contributed by atoms with van der Waals surface area (Å²) in [6.45, 7) is 13.0. The molecule has 0 spiro atoms. The molecule has 14 heteroatoms. The Morgan fingerprint density at radius 1 is 1.11 bits per heavy atom. The van der Waals surface area contributed by atoms with Gasteiger partial charge in [0.15, 0.2) is 8.32 Å². The molecular weight excluding hydrogens is 656 g/mol. The zero-order valence-corrected chi connectivity index (χ0v) is 32.3. The molecule has 0 aliphatic carbocycles. The fraction of sp³-hybridized carbons (Fsp3) is 0.633. The van der Waals surface area contributed by atoms with E-state index in [1.54, 1.807) is 13.8 Å². The van der Waals surface area contributed by atoms with Crippen LogP contribution in [0.4, 0.5) is 0 Å². The molecule has 252 valence electrons. The SMILES string of the molecule is CCOP(=O)(COC(C[C@H](\C=C/C=C\C=C\COP)OPP)[C@@](C)(/C=C/[C@H]1CC=CC(=O)O1)O[Si](CC)(CC)CC)OCC. The molecule has 0 saturated carbocycles. The number of carbonyl (C=O) groups is 1. The van der Waals surface area contributed by atoms with E-state index in [0.717, 1.165) is 18.1 Å². The van der Waals surface area contributed by atoms with E-state index in [4.69, 9.17) is 32.0 Å². The van der Waals surface area contributed by atoms with E-state index in [2.05, 4.69) is 39.2 Å². The fourth-order valence-corrected chi connectivity index (χ4v) is 10.1. The number of rotatable bonds is 24. The second-order valence-corrected chi connectivity index (χ2v) is 18.5. The number of hydrogen-bond donors (Lipinski definition) is 0. The first-order valence-electron chi connectivity index (χ1n) is 15.3. The molecule has 0 aromatic heterocycles. The van der Waals surface area contributed by atoms with Crippen LogP contribution in [0.5, 0.6) is 0 Å². The van der Waals surface area contributed by atoms with Crippen LogP contribution in [0.2, 0.25) is 18.1 Å². The normalized spacial score (nSPS) is 19.6. The van der Waals surface area contributed by atoms with Crippen molar-refractivity contribution in [3.05, 3.63) is 60.8 Å². The van der Waals surface area contributed by atoms with Crippen molar-refractivity contribution in [2.75, 3.05) is 26.2 Å². The van der Waals surface area contributed by atoms with E-state index in [1.807, 2.05) is 61.6 Å². The van der Waals surface area contributed by atoms with Crippen LogP contribution < -0.4 is 0 Å². The lowest BCUT2D eigenvalue weighted by atomic mass is 9.92. The fourth-order valence-electron chi connectivity index (χ4n) is 4.72. The predicted molar refractivity (Wildman–Crippen MR) is 191 cm³/mol. The average Bonchev–Trinajstić information content (AvgIpc) is 3.01. The van der Waals surface area contributed by atoms with Gasteiger partial charge in [-0.25, -0.2) is 4.79 Å². The van der Waals surface area contributed by atoms with Crippen molar-refractivity contribution in [2.45, 2.75) is 96.4 Å². The summed E-state index contributed by atoms with van der Waals surface area (Å²) < 4.78 is 54.9. The highest BCUT2D eigenvalue weighted by Gasteiger charge is 2.44. The van der Waals surface area contributed by atoms with Crippen LogP contribution in [-0.4, -0.2) is 64.4 Å².